The number of carbonyl (C=O) groups is 2. The van der Waals surface area contributed by atoms with E-state index in [0.717, 1.165) is 44.9 Å². The fourth-order valence-corrected chi connectivity index (χ4v) is 2.73. The minimum atomic E-state index is -2.30. The Labute approximate surface area is 160 Å². The third-order valence-electron chi connectivity index (χ3n) is 4.29. The van der Waals surface area contributed by atoms with Crippen LogP contribution in [0.25, 0.3) is 0 Å². The van der Waals surface area contributed by atoms with Crippen molar-refractivity contribution >= 4 is 11.9 Å². The van der Waals surface area contributed by atoms with Gasteiger partial charge in [0.1, 0.15) is 5.56 Å². The van der Waals surface area contributed by atoms with Crippen LogP contribution in [0.2, 0.25) is 0 Å². The van der Waals surface area contributed by atoms with Crippen LogP contribution in [-0.4, -0.2) is 23.5 Å². The van der Waals surface area contributed by atoms with Crippen molar-refractivity contribution in [2.45, 2.75) is 64.2 Å². The molecule has 0 radical (unpaired) electrons. The van der Waals surface area contributed by atoms with E-state index in [2.05, 4.69) is 5.32 Å². The number of carboxylic acid groups (broad SMARTS) is 1. The lowest BCUT2D eigenvalue weighted by molar-refractivity contribution is -0.137. The maximum atomic E-state index is 13.5. The maximum absolute atomic E-state index is 13.5. The minimum absolute atomic E-state index is 0.0630. The number of halogens is 5. The molecular formula is C19H24F5NO3. The second-order valence-corrected chi connectivity index (χ2v) is 6.53. The van der Waals surface area contributed by atoms with Gasteiger partial charge in [0, 0.05) is 13.0 Å². The normalized spacial score (nSPS) is 10.9. The third kappa shape index (κ3) is 7.44. The standard InChI is InChI=1S/C19H24F5NO3/c20-14-13(15(21)17(23)18(24)16(14)22)19(28)25-11-9-7-5-3-1-2-4-6-8-10-12(26)27/h1-11H2,(H,25,28)(H,26,27). The second-order valence-electron chi connectivity index (χ2n) is 6.53. The van der Waals surface area contributed by atoms with Crippen molar-refractivity contribution in [1.29, 1.82) is 0 Å². The molecule has 0 saturated carbocycles. The van der Waals surface area contributed by atoms with Gasteiger partial charge in [0.05, 0.1) is 0 Å². The summed E-state index contributed by atoms with van der Waals surface area (Å²) >= 11 is 0. The van der Waals surface area contributed by atoms with E-state index >= 15 is 0 Å². The number of rotatable bonds is 13. The Balaban J connectivity index is 2.19. The molecule has 0 fully saturated rings. The van der Waals surface area contributed by atoms with Crippen molar-refractivity contribution in [3.05, 3.63) is 34.6 Å². The Hall–Kier alpha value is -2.19. The average molecular weight is 409 g/mol. The zero-order valence-corrected chi connectivity index (χ0v) is 15.4. The summed E-state index contributed by atoms with van der Waals surface area (Å²) in [6.45, 7) is 0.0630. The van der Waals surface area contributed by atoms with E-state index in [1.54, 1.807) is 0 Å². The van der Waals surface area contributed by atoms with Gasteiger partial charge in [-0.1, -0.05) is 44.9 Å². The second kappa shape index (κ2) is 12.3. The smallest absolute Gasteiger partial charge is 0.303 e. The van der Waals surface area contributed by atoms with Crippen molar-refractivity contribution in [2.75, 3.05) is 6.54 Å². The SMILES string of the molecule is O=C(O)CCCCCCCCCCCNC(=O)c1c(F)c(F)c(F)c(F)c1F. The topological polar surface area (TPSA) is 66.4 Å². The van der Waals surface area contributed by atoms with Crippen LogP contribution in [0.3, 0.4) is 0 Å². The predicted octanol–water partition coefficient (Wildman–Crippen LogP) is 5.10. The number of unbranched alkanes of at least 4 members (excludes halogenated alkanes) is 8. The molecule has 0 heterocycles. The highest BCUT2D eigenvalue weighted by atomic mass is 19.2. The first-order valence-corrected chi connectivity index (χ1v) is 9.28. The highest BCUT2D eigenvalue weighted by Crippen LogP contribution is 2.22. The molecule has 0 spiro atoms. The average Bonchev–Trinajstić information content (AvgIpc) is 2.65. The maximum Gasteiger partial charge on any atom is 0.303 e. The zero-order valence-electron chi connectivity index (χ0n) is 15.4. The summed E-state index contributed by atoms with van der Waals surface area (Å²) in [5.41, 5.74) is -1.47. The van der Waals surface area contributed by atoms with Gasteiger partial charge in [-0.3, -0.25) is 9.59 Å². The summed E-state index contributed by atoms with van der Waals surface area (Å²) in [7, 11) is 0. The van der Waals surface area contributed by atoms with Crippen molar-refractivity contribution in [3.63, 3.8) is 0 Å². The molecule has 1 amide bonds. The molecule has 0 unspecified atom stereocenters. The van der Waals surface area contributed by atoms with Gasteiger partial charge in [-0.05, 0) is 12.8 Å². The molecule has 28 heavy (non-hydrogen) atoms. The van der Waals surface area contributed by atoms with Gasteiger partial charge in [-0.25, -0.2) is 22.0 Å². The lowest BCUT2D eigenvalue weighted by atomic mass is 10.1. The Bertz CT molecular complexity index is 653. The molecule has 0 bridgehead atoms. The largest absolute Gasteiger partial charge is 0.481 e. The fraction of sp³-hybridized carbons (Fsp3) is 0.579. The first-order chi connectivity index (χ1) is 13.3. The molecule has 158 valence electrons. The summed E-state index contributed by atoms with van der Waals surface area (Å²) in [6, 6.07) is 0. The molecule has 9 heteroatoms. The lowest BCUT2D eigenvalue weighted by Crippen LogP contribution is -2.28. The zero-order chi connectivity index (χ0) is 21.1. The van der Waals surface area contributed by atoms with Crippen LogP contribution in [0, 0.1) is 29.1 Å². The summed E-state index contributed by atoms with van der Waals surface area (Å²) in [5, 5.41) is 10.7. The van der Waals surface area contributed by atoms with Crippen molar-refractivity contribution in [1.82, 2.24) is 5.32 Å². The van der Waals surface area contributed by atoms with E-state index in [0.29, 0.717) is 12.8 Å². The number of carbonyl (C=O) groups excluding carboxylic acids is 1. The van der Waals surface area contributed by atoms with Gasteiger partial charge in [0.25, 0.3) is 5.91 Å². The molecule has 1 aromatic carbocycles. The summed E-state index contributed by atoms with van der Waals surface area (Å²) < 4.78 is 66.1. The molecule has 0 aromatic heterocycles. The first kappa shape index (κ1) is 23.8. The Kier molecular flexibility index (Phi) is 10.5. The van der Waals surface area contributed by atoms with Crippen LogP contribution in [0.15, 0.2) is 0 Å². The van der Waals surface area contributed by atoms with E-state index < -0.39 is 46.5 Å². The van der Waals surface area contributed by atoms with Gasteiger partial charge in [-0.2, -0.15) is 0 Å². The molecular weight excluding hydrogens is 385 g/mol. The van der Waals surface area contributed by atoms with E-state index in [9.17, 15) is 31.5 Å². The van der Waals surface area contributed by atoms with E-state index in [4.69, 9.17) is 5.11 Å². The highest BCUT2D eigenvalue weighted by molar-refractivity contribution is 5.94. The van der Waals surface area contributed by atoms with E-state index in [-0.39, 0.29) is 13.0 Å². The summed E-state index contributed by atoms with van der Waals surface area (Å²) in [4.78, 5) is 22.1. The number of hydrogen-bond acceptors (Lipinski definition) is 2. The Morgan fingerprint density at radius 3 is 1.50 bits per heavy atom. The number of benzene rings is 1. The number of nitrogens with one attached hydrogen (secondary N) is 1. The predicted molar refractivity (Wildman–Crippen MR) is 92.4 cm³/mol. The van der Waals surface area contributed by atoms with Crippen LogP contribution in [0.5, 0.6) is 0 Å². The number of hydrogen-bond donors (Lipinski definition) is 2. The van der Waals surface area contributed by atoms with Crippen molar-refractivity contribution in [3.8, 4) is 0 Å². The van der Waals surface area contributed by atoms with Gasteiger partial charge < -0.3 is 10.4 Å². The molecule has 1 aromatic rings. The van der Waals surface area contributed by atoms with Crippen LogP contribution in [-0.2, 0) is 4.79 Å². The van der Waals surface area contributed by atoms with Crippen LogP contribution >= 0.6 is 0 Å². The van der Waals surface area contributed by atoms with Crippen LogP contribution in [0.1, 0.15) is 74.6 Å². The van der Waals surface area contributed by atoms with Crippen molar-refractivity contribution < 1.29 is 36.6 Å². The van der Waals surface area contributed by atoms with Gasteiger partial charge in [0.15, 0.2) is 23.3 Å². The monoisotopic (exact) mass is 409 g/mol. The minimum Gasteiger partial charge on any atom is -0.481 e. The lowest BCUT2D eigenvalue weighted by Gasteiger charge is -2.09. The highest BCUT2D eigenvalue weighted by Gasteiger charge is 2.29. The molecule has 0 aliphatic carbocycles. The number of carboxylic acids is 1. The van der Waals surface area contributed by atoms with E-state index in [1.165, 1.54) is 0 Å². The summed E-state index contributed by atoms with van der Waals surface area (Å²) in [5.74, 6) is -13.0. The molecule has 0 saturated heterocycles. The Morgan fingerprint density at radius 2 is 1.04 bits per heavy atom. The van der Waals surface area contributed by atoms with Crippen LogP contribution in [0.4, 0.5) is 22.0 Å². The molecule has 4 nitrogen and oxygen atoms in total. The van der Waals surface area contributed by atoms with Crippen molar-refractivity contribution in [2.24, 2.45) is 0 Å². The molecule has 0 aliphatic rings. The summed E-state index contributed by atoms with van der Waals surface area (Å²) in [6.07, 6.45) is 7.85. The Morgan fingerprint density at radius 1 is 0.643 bits per heavy atom. The number of aliphatic carboxylic acids is 1. The van der Waals surface area contributed by atoms with Gasteiger partial charge >= 0.3 is 5.97 Å². The van der Waals surface area contributed by atoms with Gasteiger partial charge in [-0.15, -0.1) is 0 Å². The number of amides is 1. The van der Waals surface area contributed by atoms with Crippen LogP contribution < -0.4 is 5.32 Å². The van der Waals surface area contributed by atoms with E-state index in [1.807, 2.05) is 0 Å². The molecule has 1 rings (SSSR count). The molecule has 2 N–H and O–H groups in total. The molecule has 0 aliphatic heterocycles. The quantitative estimate of drug-likeness (QED) is 0.206. The first-order valence-electron chi connectivity index (χ1n) is 9.28. The molecule has 0 atom stereocenters. The van der Waals surface area contributed by atoms with Gasteiger partial charge in [0.2, 0.25) is 5.82 Å². The third-order valence-corrected chi connectivity index (χ3v) is 4.29. The fourth-order valence-electron chi connectivity index (χ4n) is 2.73.